The Morgan fingerprint density at radius 1 is 0.171 bits per heavy atom. The third-order valence-electron chi connectivity index (χ3n) is 23.5. The number of aryl methyl sites for hydroxylation is 3. The molecular weight excluding hydrogens is 1260 g/mol. The molecule has 0 nitrogen and oxygen atoms in total. The molecule has 0 saturated heterocycles. The molecule has 0 heterocycles. The molecule has 0 aliphatic heterocycles. The third-order valence-corrected chi connectivity index (χ3v) is 23.5. The highest BCUT2D eigenvalue weighted by Crippen LogP contribution is 2.54. The van der Waals surface area contributed by atoms with Crippen LogP contribution in [0.25, 0.3) is 176 Å². The van der Waals surface area contributed by atoms with Crippen molar-refractivity contribution < 1.29 is 0 Å². The fraction of sp³-hybridized carbons (Fsp3) is 0.0857. The predicted octanol–water partition coefficient (Wildman–Crippen LogP) is 29.2. The normalized spacial score (nSPS) is 13.1. The molecular formula is C105H78. The highest BCUT2D eigenvalue weighted by atomic mass is 14.4. The van der Waals surface area contributed by atoms with Crippen molar-refractivity contribution in [2.75, 3.05) is 0 Å². The number of fused-ring (bicyclic) bond motifs is 12. The maximum absolute atomic E-state index is 2.43. The number of hydrogen-bond acceptors (Lipinski definition) is 0. The molecule has 498 valence electrons. The smallest absolute Gasteiger partial charge is 0.0159 e. The van der Waals surface area contributed by atoms with Gasteiger partial charge in [0.25, 0.3) is 0 Å². The average molecular weight is 1340 g/mol. The minimum absolute atomic E-state index is 0.0180. The summed E-state index contributed by atoms with van der Waals surface area (Å²) in [5.41, 5.74) is 35.1. The van der Waals surface area contributed by atoms with Gasteiger partial charge in [-0.2, -0.15) is 0 Å². The molecule has 18 aromatic rings. The van der Waals surface area contributed by atoms with Crippen LogP contribution in [0.3, 0.4) is 0 Å². The Morgan fingerprint density at radius 3 is 0.848 bits per heavy atom. The van der Waals surface area contributed by atoms with Crippen LogP contribution >= 0.6 is 0 Å². The number of benzene rings is 18. The molecule has 0 fully saturated rings. The Morgan fingerprint density at radius 2 is 0.457 bits per heavy atom. The highest BCUT2D eigenvalue weighted by Gasteiger charge is 2.37. The first-order chi connectivity index (χ1) is 51.3. The summed E-state index contributed by atoms with van der Waals surface area (Å²) in [5.74, 6) is 0. The van der Waals surface area contributed by atoms with Gasteiger partial charge >= 0.3 is 0 Å². The van der Waals surface area contributed by atoms with Crippen molar-refractivity contribution in [3.05, 3.63) is 385 Å². The second-order valence-corrected chi connectivity index (χ2v) is 30.3. The van der Waals surface area contributed by atoms with Crippen molar-refractivity contribution in [2.45, 2.75) is 59.3 Å². The van der Waals surface area contributed by atoms with Crippen molar-refractivity contribution in [3.63, 3.8) is 0 Å². The summed E-state index contributed by atoms with van der Waals surface area (Å²) in [6, 6.07) is 129. The first kappa shape index (κ1) is 63.4. The lowest BCUT2D eigenvalue weighted by Gasteiger charge is -2.22. The van der Waals surface area contributed by atoms with Crippen LogP contribution in [-0.4, -0.2) is 0 Å². The van der Waals surface area contributed by atoms with E-state index in [1.54, 1.807) is 0 Å². The van der Waals surface area contributed by atoms with Crippen LogP contribution in [-0.2, 0) is 10.8 Å². The van der Waals surface area contributed by atoms with E-state index in [9.17, 15) is 0 Å². The van der Waals surface area contributed by atoms with E-state index in [1.807, 2.05) is 0 Å². The van der Waals surface area contributed by atoms with Gasteiger partial charge in [0.15, 0.2) is 0 Å². The first-order valence-electron chi connectivity index (χ1n) is 37.1. The lowest BCUT2D eigenvalue weighted by atomic mass is 9.81. The average Bonchev–Trinajstić information content (AvgIpc) is 1.60. The fourth-order valence-electron chi connectivity index (χ4n) is 18.1. The molecule has 0 atom stereocenters. The van der Waals surface area contributed by atoms with Crippen molar-refractivity contribution in [3.8, 4) is 111 Å². The summed E-state index contributed by atoms with van der Waals surface area (Å²) in [5, 5.41) is 15.3. The highest BCUT2D eigenvalue weighted by molar-refractivity contribution is 6.26. The first-order valence-corrected chi connectivity index (χ1v) is 37.1. The standard InChI is InChI=1S/C53H40.C52H38/c1-33-21-22-34(2)47(29-33)51-43-16-7-9-18-45(43)52(46-19-10-8-17-44(46)51)48-31-39(30-38-13-5-6-14-40(38)48)36-25-23-35(24-26-36)37-27-28-42-41-15-11-12-20-49(41)53(3,4)50(42)32-37;1-33-14-4-6-16-39(33)50-43-19-8-10-21-45(43)51(46-22-11-9-20-44(46)50)47-31-38(30-37-15-5-7-17-40(37)47)35-26-24-34(25-27-35)36-28-29-42-41-18-12-13-23-48(41)52(2,3)49(42)32-36/h5-32H,1-4H3;4-32H,1-3H3. The van der Waals surface area contributed by atoms with Gasteiger partial charge < -0.3 is 0 Å². The van der Waals surface area contributed by atoms with Gasteiger partial charge in [0.05, 0.1) is 0 Å². The zero-order valence-electron chi connectivity index (χ0n) is 60.4. The molecule has 0 N–H and O–H groups in total. The van der Waals surface area contributed by atoms with Crippen molar-refractivity contribution in [1.29, 1.82) is 0 Å². The molecule has 105 heavy (non-hydrogen) atoms. The zero-order valence-corrected chi connectivity index (χ0v) is 60.4. The van der Waals surface area contributed by atoms with Crippen molar-refractivity contribution >= 4 is 64.6 Å². The SMILES string of the molecule is Cc1ccc(C)c(-c2c3ccccc3c(-c3cc(-c4ccc(-c5ccc6c(c5)C(C)(C)c5ccccc5-6)cc4)cc4ccccc34)c3ccccc23)c1.Cc1ccccc1-c1c2ccccc2c(-c2cc(-c3ccc(-c4ccc5c(c4)C(C)(C)c4ccccc4-5)cc3)cc3ccccc23)c2ccccc12. The summed E-state index contributed by atoms with van der Waals surface area (Å²) in [7, 11) is 0. The molecule has 2 aliphatic rings. The molecule has 0 saturated carbocycles. The van der Waals surface area contributed by atoms with Gasteiger partial charge in [-0.1, -0.05) is 343 Å². The van der Waals surface area contributed by atoms with Gasteiger partial charge in [-0.05, 0) is 266 Å². The Bertz CT molecular complexity index is 6470. The van der Waals surface area contributed by atoms with Crippen molar-refractivity contribution in [1.82, 2.24) is 0 Å². The van der Waals surface area contributed by atoms with E-state index in [2.05, 4.69) is 394 Å². The van der Waals surface area contributed by atoms with Crippen LogP contribution in [0.1, 0.15) is 66.6 Å². The molecule has 0 spiro atoms. The van der Waals surface area contributed by atoms with Gasteiger partial charge in [-0.15, -0.1) is 0 Å². The minimum atomic E-state index is -0.0191. The lowest BCUT2D eigenvalue weighted by molar-refractivity contribution is 0.660. The van der Waals surface area contributed by atoms with Crippen LogP contribution in [0.15, 0.2) is 346 Å². The van der Waals surface area contributed by atoms with E-state index in [0.717, 1.165) is 0 Å². The number of hydrogen-bond donors (Lipinski definition) is 0. The summed E-state index contributed by atoms with van der Waals surface area (Å²) in [4.78, 5) is 0. The van der Waals surface area contributed by atoms with Gasteiger partial charge in [0.2, 0.25) is 0 Å². The van der Waals surface area contributed by atoms with E-state index in [1.165, 1.54) is 215 Å². The van der Waals surface area contributed by atoms with E-state index in [-0.39, 0.29) is 10.8 Å². The topological polar surface area (TPSA) is 0 Å². The van der Waals surface area contributed by atoms with Crippen LogP contribution in [0.5, 0.6) is 0 Å². The Hall–Kier alpha value is -12.5. The van der Waals surface area contributed by atoms with Crippen LogP contribution in [0.4, 0.5) is 0 Å². The van der Waals surface area contributed by atoms with E-state index >= 15 is 0 Å². The van der Waals surface area contributed by atoms with Gasteiger partial charge in [-0.25, -0.2) is 0 Å². The second kappa shape index (κ2) is 24.9. The van der Waals surface area contributed by atoms with E-state index in [4.69, 9.17) is 0 Å². The molecule has 0 bridgehead atoms. The monoisotopic (exact) mass is 1340 g/mol. The third kappa shape index (κ3) is 10.4. The van der Waals surface area contributed by atoms with Crippen LogP contribution in [0.2, 0.25) is 0 Å². The molecule has 0 aromatic heterocycles. The molecule has 0 heteroatoms. The summed E-state index contributed by atoms with van der Waals surface area (Å²) in [6.45, 7) is 16.1. The minimum Gasteiger partial charge on any atom is -0.0620 e. The zero-order chi connectivity index (χ0) is 70.8. The van der Waals surface area contributed by atoms with Gasteiger partial charge in [0.1, 0.15) is 0 Å². The fourth-order valence-corrected chi connectivity index (χ4v) is 18.1. The Balaban J connectivity index is 0.000000144. The molecule has 0 radical (unpaired) electrons. The molecule has 2 aliphatic carbocycles. The van der Waals surface area contributed by atoms with Gasteiger partial charge in [0, 0.05) is 10.8 Å². The predicted molar refractivity (Wildman–Crippen MR) is 451 cm³/mol. The quantitative estimate of drug-likeness (QED) is 0.133. The summed E-state index contributed by atoms with van der Waals surface area (Å²) >= 11 is 0. The Kier molecular flexibility index (Phi) is 15.0. The molecule has 0 unspecified atom stereocenters. The lowest BCUT2D eigenvalue weighted by Crippen LogP contribution is -2.14. The van der Waals surface area contributed by atoms with Crippen LogP contribution < -0.4 is 0 Å². The summed E-state index contributed by atoms with van der Waals surface area (Å²) < 4.78 is 0. The molecule has 20 rings (SSSR count). The largest absolute Gasteiger partial charge is 0.0620 e. The maximum atomic E-state index is 2.43. The second-order valence-electron chi connectivity index (χ2n) is 30.3. The van der Waals surface area contributed by atoms with E-state index in [0.29, 0.717) is 0 Å². The van der Waals surface area contributed by atoms with Crippen LogP contribution in [0, 0.1) is 20.8 Å². The maximum Gasteiger partial charge on any atom is 0.0159 e. The molecule has 18 aromatic carbocycles. The summed E-state index contributed by atoms with van der Waals surface area (Å²) in [6.07, 6.45) is 0. The molecule has 0 amide bonds. The van der Waals surface area contributed by atoms with Crippen molar-refractivity contribution in [2.24, 2.45) is 0 Å². The van der Waals surface area contributed by atoms with E-state index < -0.39 is 0 Å². The van der Waals surface area contributed by atoms with Gasteiger partial charge in [-0.3, -0.25) is 0 Å². The Labute approximate surface area is 615 Å². The number of rotatable bonds is 8.